The summed E-state index contributed by atoms with van der Waals surface area (Å²) in [5.74, 6) is -0.377. The molecule has 1 N–H and O–H groups in total. The van der Waals surface area contributed by atoms with Crippen LogP contribution in [0, 0.1) is 12.7 Å². The van der Waals surface area contributed by atoms with Crippen LogP contribution in [0.25, 0.3) is 10.9 Å². The van der Waals surface area contributed by atoms with E-state index in [4.69, 9.17) is 0 Å². The summed E-state index contributed by atoms with van der Waals surface area (Å²) in [4.78, 5) is 4.12. The molecule has 1 aromatic heterocycles. The zero-order valence-corrected chi connectivity index (χ0v) is 9.68. The van der Waals surface area contributed by atoms with Gasteiger partial charge in [-0.3, -0.25) is 4.98 Å². The number of pyridine rings is 1. The van der Waals surface area contributed by atoms with Gasteiger partial charge in [0.25, 0.3) is 0 Å². The highest BCUT2D eigenvalue weighted by Crippen LogP contribution is 2.25. The third-order valence-electron chi connectivity index (χ3n) is 2.22. The first-order valence-corrected chi connectivity index (χ1v) is 5.27. The molecule has 0 saturated heterocycles. The Morgan fingerprint density at radius 1 is 1.40 bits per heavy atom. The Morgan fingerprint density at radius 3 is 2.80 bits per heavy atom. The van der Waals surface area contributed by atoms with Crippen LogP contribution in [0.15, 0.2) is 22.7 Å². The highest BCUT2D eigenvalue weighted by molar-refractivity contribution is 9.10. The van der Waals surface area contributed by atoms with Crippen LogP contribution in [0.4, 0.5) is 4.39 Å². The average molecular weight is 270 g/mol. The lowest BCUT2D eigenvalue weighted by molar-refractivity contribution is 0.283. The van der Waals surface area contributed by atoms with Gasteiger partial charge in [0, 0.05) is 15.6 Å². The summed E-state index contributed by atoms with van der Waals surface area (Å²) in [6.07, 6.45) is 0. The molecule has 0 unspecified atom stereocenters. The first-order chi connectivity index (χ1) is 7.11. The molecule has 0 fully saturated rings. The Morgan fingerprint density at radius 2 is 2.13 bits per heavy atom. The molecule has 2 nitrogen and oxygen atoms in total. The molecule has 78 valence electrons. The Bertz CT molecular complexity index is 527. The summed E-state index contributed by atoms with van der Waals surface area (Å²) in [7, 11) is 0. The van der Waals surface area contributed by atoms with Crippen molar-refractivity contribution < 1.29 is 9.50 Å². The standard InChI is InChI=1S/C11H9BrFNO/c1-6-2-7(5-15)9-3-8(12)4-10(13)11(9)14-6/h2-4,15H,5H2,1H3. The fraction of sp³-hybridized carbons (Fsp3) is 0.182. The van der Waals surface area contributed by atoms with Crippen molar-refractivity contribution in [3.05, 3.63) is 39.7 Å². The summed E-state index contributed by atoms with van der Waals surface area (Å²) in [6.45, 7) is 1.66. The van der Waals surface area contributed by atoms with Crippen molar-refractivity contribution in [2.45, 2.75) is 13.5 Å². The molecule has 1 heterocycles. The van der Waals surface area contributed by atoms with E-state index in [1.807, 2.05) is 0 Å². The second-order valence-corrected chi connectivity index (χ2v) is 4.28. The third kappa shape index (κ3) is 1.87. The van der Waals surface area contributed by atoms with Gasteiger partial charge >= 0.3 is 0 Å². The molecule has 15 heavy (non-hydrogen) atoms. The molecule has 0 bridgehead atoms. The molecule has 0 radical (unpaired) electrons. The maximum absolute atomic E-state index is 13.6. The van der Waals surface area contributed by atoms with Crippen LogP contribution >= 0.6 is 15.9 Å². The second-order valence-electron chi connectivity index (χ2n) is 3.36. The Labute approximate surface area is 94.9 Å². The molecule has 0 spiro atoms. The summed E-state index contributed by atoms with van der Waals surface area (Å²) in [6, 6.07) is 4.89. The topological polar surface area (TPSA) is 33.1 Å². The predicted molar refractivity (Wildman–Crippen MR) is 60.1 cm³/mol. The first kappa shape index (κ1) is 10.5. The van der Waals surface area contributed by atoms with Crippen molar-refractivity contribution in [3.63, 3.8) is 0 Å². The van der Waals surface area contributed by atoms with E-state index < -0.39 is 0 Å². The molecule has 0 aliphatic heterocycles. The van der Waals surface area contributed by atoms with Crippen molar-refractivity contribution in [2.24, 2.45) is 0 Å². The van der Waals surface area contributed by atoms with Crippen molar-refractivity contribution in [1.82, 2.24) is 4.98 Å². The number of hydrogen-bond donors (Lipinski definition) is 1. The lowest BCUT2D eigenvalue weighted by Gasteiger charge is -2.06. The number of hydrogen-bond acceptors (Lipinski definition) is 2. The van der Waals surface area contributed by atoms with Crippen molar-refractivity contribution in [3.8, 4) is 0 Å². The van der Waals surface area contributed by atoms with Crippen LogP contribution in [0.3, 0.4) is 0 Å². The van der Waals surface area contributed by atoms with Crippen LogP contribution in [0.1, 0.15) is 11.3 Å². The highest BCUT2D eigenvalue weighted by Gasteiger charge is 2.08. The smallest absolute Gasteiger partial charge is 0.150 e. The fourth-order valence-electron chi connectivity index (χ4n) is 1.59. The monoisotopic (exact) mass is 269 g/mol. The number of aryl methyl sites for hydroxylation is 1. The molecule has 0 aliphatic rings. The minimum absolute atomic E-state index is 0.115. The van der Waals surface area contributed by atoms with Crippen LogP contribution < -0.4 is 0 Å². The zero-order chi connectivity index (χ0) is 11.0. The summed E-state index contributed by atoms with van der Waals surface area (Å²) >= 11 is 3.22. The Balaban J connectivity index is 2.89. The van der Waals surface area contributed by atoms with Crippen LogP contribution in [-0.4, -0.2) is 10.1 Å². The zero-order valence-electron chi connectivity index (χ0n) is 8.09. The number of benzene rings is 1. The van der Waals surface area contributed by atoms with E-state index in [0.29, 0.717) is 26.6 Å². The third-order valence-corrected chi connectivity index (χ3v) is 2.67. The molecule has 2 aromatic rings. The molecular formula is C11H9BrFNO. The van der Waals surface area contributed by atoms with E-state index >= 15 is 0 Å². The minimum Gasteiger partial charge on any atom is -0.392 e. The molecule has 1 aromatic carbocycles. The van der Waals surface area contributed by atoms with E-state index in [1.165, 1.54) is 6.07 Å². The van der Waals surface area contributed by atoms with Gasteiger partial charge in [0.05, 0.1) is 6.61 Å². The Kier molecular flexibility index (Phi) is 2.71. The quantitative estimate of drug-likeness (QED) is 0.864. The molecule has 0 amide bonds. The average Bonchev–Trinajstić information content (AvgIpc) is 2.18. The van der Waals surface area contributed by atoms with Gasteiger partial charge in [-0.15, -0.1) is 0 Å². The van der Waals surface area contributed by atoms with Crippen LogP contribution in [0.5, 0.6) is 0 Å². The van der Waals surface area contributed by atoms with Crippen molar-refractivity contribution in [2.75, 3.05) is 0 Å². The van der Waals surface area contributed by atoms with Gasteiger partial charge in [-0.2, -0.15) is 0 Å². The van der Waals surface area contributed by atoms with Gasteiger partial charge in [0.2, 0.25) is 0 Å². The first-order valence-electron chi connectivity index (χ1n) is 4.48. The molecule has 0 aliphatic carbocycles. The van der Waals surface area contributed by atoms with E-state index in [2.05, 4.69) is 20.9 Å². The summed E-state index contributed by atoms with van der Waals surface area (Å²) < 4.78 is 14.2. The number of aliphatic hydroxyl groups excluding tert-OH is 1. The van der Waals surface area contributed by atoms with E-state index in [0.717, 1.165) is 0 Å². The van der Waals surface area contributed by atoms with Crippen molar-refractivity contribution in [1.29, 1.82) is 0 Å². The van der Waals surface area contributed by atoms with E-state index in [-0.39, 0.29) is 12.4 Å². The van der Waals surface area contributed by atoms with Gasteiger partial charge in [-0.1, -0.05) is 15.9 Å². The van der Waals surface area contributed by atoms with Gasteiger partial charge in [0.1, 0.15) is 5.52 Å². The number of aromatic nitrogens is 1. The van der Waals surface area contributed by atoms with Crippen molar-refractivity contribution >= 4 is 26.8 Å². The number of aliphatic hydroxyl groups is 1. The maximum Gasteiger partial charge on any atom is 0.150 e. The SMILES string of the molecule is Cc1cc(CO)c2cc(Br)cc(F)c2n1. The predicted octanol–water partition coefficient (Wildman–Crippen LogP) is 2.94. The largest absolute Gasteiger partial charge is 0.392 e. The molecule has 0 atom stereocenters. The number of halogens is 2. The fourth-order valence-corrected chi connectivity index (χ4v) is 2.02. The molecular weight excluding hydrogens is 261 g/mol. The van der Waals surface area contributed by atoms with Gasteiger partial charge < -0.3 is 5.11 Å². The lowest BCUT2D eigenvalue weighted by atomic mass is 10.1. The summed E-state index contributed by atoms with van der Waals surface area (Å²) in [5, 5.41) is 9.82. The van der Waals surface area contributed by atoms with Crippen LogP contribution in [-0.2, 0) is 6.61 Å². The summed E-state index contributed by atoms with van der Waals surface area (Å²) in [5.41, 5.74) is 1.70. The van der Waals surface area contributed by atoms with Gasteiger partial charge in [-0.25, -0.2) is 4.39 Å². The van der Waals surface area contributed by atoms with Gasteiger partial charge in [0.15, 0.2) is 5.82 Å². The Hall–Kier alpha value is -1.00. The highest BCUT2D eigenvalue weighted by atomic mass is 79.9. The number of rotatable bonds is 1. The molecule has 4 heteroatoms. The molecule has 2 rings (SSSR count). The lowest BCUT2D eigenvalue weighted by Crippen LogP contribution is -1.94. The number of fused-ring (bicyclic) bond motifs is 1. The van der Waals surface area contributed by atoms with E-state index in [1.54, 1.807) is 19.1 Å². The minimum atomic E-state index is -0.377. The normalized spacial score (nSPS) is 10.9. The number of nitrogens with zero attached hydrogens (tertiary/aromatic N) is 1. The van der Waals surface area contributed by atoms with E-state index in [9.17, 15) is 9.50 Å². The van der Waals surface area contributed by atoms with Crippen LogP contribution in [0.2, 0.25) is 0 Å². The molecule has 0 saturated carbocycles. The second kappa shape index (κ2) is 3.87. The maximum atomic E-state index is 13.6. The van der Waals surface area contributed by atoms with Gasteiger partial charge in [-0.05, 0) is 30.7 Å².